The van der Waals surface area contributed by atoms with Crippen LogP contribution < -0.4 is 11.1 Å². The van der Waals surface area contributed by atoms with Gasteiger partial charge in [0, 0.05) is 25.9 Å². The highest BCUT2D eigenvalue weighted by atomic mass is 19.4. The van der Waals surface area contributed by atoms with Gasteiger partial charge in [0.25, 0.3) is 11.1 Å². The van der Waals surface area contributed by atoms with E-state index >= 15 is 0 Å². The van der Waals surface area contributed by atoms with Crippen molar-refractivity contribution in [1.82, 2.24) is 19.0 Å². The van der Waals surface area contributed by atoms with E-state index in [1.807, 2.05) is 11.0 Å². The summed E-state index contributed by atoms with van der Waals surface area (Å²) in [5, 5.41) is 0.168. The van der Waals surface area contributed by atoms with Gasteiger partial charge in [-0.3, -0.25) is 19.1 Å². The van der Waals surface area contributed by atoms with Crippen LogP contribution in [-0.4, -0.2) is 31.7 Å². The summed E-state index contributed by atoms with van der Waals surface area (Å²) in [6, 6.07) is 9.35. The second kappa shape index (κ2) is 7.71. The summed E-state index contributed by atoms with van der Waals surface area (Å²) in [5.41, 5.74) is 0.321. The lowest BCUT2D eigenvalue weighted by Crippen LogP contribution is -2.35. The number of fused-ring (bicyclic) bond motifs is 1. The fourth-order valence-electron chi connectivity index (χ4n) is 4.00. The number of aromatic nitrogens is 3. The minimum absolute atomic E-state index is 0.123. The lowest BCUT2D eigenvalue weighted by atomic mass is 10.1. The zero-order valence-electron chi connectivity index (χ0n) is 16.4. The Morgan fingerprint density at radius 1 is 1.17 bits per heavy atom. The molecule has 1 aromatic carbocycles. The molecule has 9 heteroatoms. The number of rotatable bonds is 4. The van der Waals surface area contributed by atoms with Crippen LogP contribution in [0.3, 0.4) is 0 Å². The van der Waals surface area contributed by atoms with Gasteiger partial charge in [0.1, 0.15) is 12.4 Å². The number of hydrogen-bond acceptors (Lipinski definition) is 4. The number of benzene rings is 1. The van der Waals surface area contributed by atoms with E-state index in [1.54, 1.807) is 31.4 Å². The van der Waals surface area contributed by atoms with E-state index in [2.05, 4.69) is 4.98 Å². The summed E-state index contributed by atoms with van der Waals surface area (Å²) in [4.78, 5) is 31.3. The summed E-state index contributed by atoms with van der Waals surface area (Å²) >= 11 is 0. The molecule has 1 unspecified atom stereocenters. The van der Waals surface area contributed by atoms with Crippen LogP contribution in [0.15, 0.2) is 52.2 Å². The third-order valence-corrected chi connectivity index (χ3v) is 5.44. The average Bonchev–Trinajstić information content (AvgIpc) is 3.14. The molecule has 0 aliphatic carbocycles. The highest BCUT2D eigenvalue weighted by molar-refractivity contribution is 5.77. The molecule has 0 radical (unpaired) electrons. The van der Waals surface area contributed by atoms with Gasteiger partial charge < -0.3 is 4.57 Å². The molecule has 0 saturated carbocycles. The number of pyridine rings is 1. The summed E-state index contributed by atoms with van der Waals surface area (Å²) in [7, 11) is 1.65. The van der Waals surface area contributed by atoms with E-state index in [-0.39, 0.29) is 16.8 Å². The smallest absolute Gasteiger partial charge is 0.319 e. The number of halogens is 3. The Morgan fingerprint density at radius 2 is 1.93 bits per heavy atom. The van der Waals surface area contributed by atoms with E-state index in [0.717, 1.165) is 16.6 Å². The summed E-state index contributed by atoms with van der Waals surface area (Å²) < 4.78 is 42.0. The van der Waals surface area contributed by atoms with Crippen LogP contribution in [0.5, 0.6) is 0 Å². The minimum Gasteiger partial charge on any atom is -0.319 e. The lowest BCUT2D eigenvalue weighted by Gasteiger charge is -2.27. The molecule has 3 heterocycles. The molecular weight excluding hydrogens is 397 g/mol. The van der Waals surface area contributed by atoms with Gasteiger partial charge >= 0.3 is 6.18 Å². The standard InChI is InChI=1S/C21H21F3N4O2/c1-26-10-8-14(11-18(26)29)12-27-9-4-7-17(27)19-25-16-6-3-2-5-15(16)20(30)28(19)13-21(22,23)24/h2-3,5-6,8,10-11,17H,4,7,9,12-13H2,1H3. The van der Waals surface area contributed by atoms with Crippen molar-refractivity contribution >= 4 is 10.9 Å². The quantitative estimate of drug-likeness (QED) is 0.654. The number of nitrogens with zero attached hydrogens (tertiary/aromatic N) is 4. The first-order chi connectivity index (χ1) is 14.2. The molecule has 0 spiro atoms. The molecule has 2 aromatic heterocycles. The molecule has 1 atom stereocenters. The van der Waals surface area contributed by atoms with Crippen molar-refractivity contribution in [2.75, 3.05) is 6.54 Å². The first kappa shape index (κ1) is 20.3. The minimum atomic E-state index is -4.54. The maximum Gasteiger partial charge on any atom is 0.406 e. The normalized spacial score (nSPS) is 17.7. The summed E-state index contributed by atoms with van der Waals surface area (Å²) in [6.07, 6.45) is -1.52. The Hall–Kier alpha value is -2.94. The Bertz CT molecular complexity index is 1200. The van der Waals surface area contributed by atoms with Crippen molar-refractivity contribution < 1.29 is 13.2 Å². The van der Waals surface area contributed by atoms with E-state index in [4.69, 9.17) is 0 Å². The van der Waals surface area contributed by atoms with E-state index in [1.165, 1.54) is 16.7 Å². The van der Waals surface area contributed by atoms with Gasteiger partial charge in [-0.05, 0) is 43.1 Å². The van der Waals surface area contributed by atoms with Gasteiger partial charge in [0.05, 0.1) is 16.9 Å². The molecule has 1 aliphatic heterocycles. The highest BCUT2D eigenvalue weighted by Crippen LogP contribution is 2.33. The topological polar surface area (TPSA) is 60.1 Å². The maximum absolute atomic E-state index is 13.3. The van der Waals surface area contributed by atoms with Gasteiger partial charge in [0.2, 0.25) is 0 Å². The van der Waals surface area contributed by atoms with Crippen molar-refractivity contribution in [1.29, 1.82) is 0 Å². The number of alkyl halides is 3. The fraction of sp³-hybridized carbons (Fsp3) is 0.381. The van der Waals surface area contributed by atoms with Crippen molar-refractivity contribution in [3.63, 3.8) is 0 Å². The van der Waals surface area contributed by atoms with Crippen molar-refractivity contribution in [3.05, 3.63) is 74.7 Å². The molecule has 0 bridgehead atoms. The first-order valence-corrected chi connectivity index (χ1v) is 9.69. The zero-order chi connectivity index (χ0) is 21.5. The Kier molecular flexibility index (Phi) is 5.23. The second-order valence-corrected chi connectivity index (χ2v) is 7.61. The predicted octanol–water partition coefficient (Wildman–Crippen LogP) is 2.99. The van der Waals surface area contributed by atoms with E-state index in [9.17, 15) is 22.8 Å². The largest absolute Gasteiger partial charge is 0.406 e. The molecule has 4 rings (SSSR count). The Balaban J connectivity index is 1.78. The van der Waals surface area contributed by atoms with Crippen LogP contribution in [0.1, 0.15) is 30.3 Å². The SMILES string of the molecule is Cn1ccc(CN2CCCC2c2nc3ccccc3c(=O)n2CC(F)(F)F)cc1=O. The van der Waals surface area contributed by atoms with Crippen molar-refractivity contribution in [2.24, 2.45) is 7.05 Å². The molecule has 0 N–H and O–H groups in total. The van der Waals surface area contributed by atoms with Crippen LogP contribution in [0, 0.1) is 0 Å². The highest BCUT2D eigenvalue weighted by Gasteiger charge is 2.35. The second-order valence-electron chi connectivity index (χ2n) is 7.61. The van der Waals surface area contributed by atoms with Gasteiger partial charge in [-0.1, -0.05) is 12.1 Å². The number of likely N-dealkylation sites (tertiary alicyclic amines) is 1. The van der Waals surface area contributed by atoms with Crippen LogP contribution in [0.25, 0.3) is 10.9 Å². The number of aryl methyl sites for hydroxylation is 1. The monoisotopic (exact) mass is 418 g/mol. The maximum atomic E-state index is 13.3. The summed E-state index contributed by atoms with van der Waals surface area (Å²) in [6.45, 7) is -0.334. The molecule has 1 saturated heterocycles. The van der Waals surface area contributed by atoms with Gasteiger partial charge in [-0.2, -0.15) is 13.2 Å². The molecule has 0 amide bonds. The zero-order valence-corrected chi connectivity index (χ0v) is 16.4. The number of hydrogen-bond donors (Lipinski definition) is 0. The molecule has 3 aromatic rings. The average molecular weight is 418 g/mol. The number of para-hydroxylation sites is 1. The van der Waals surface area contributed by atoms with Crippen molar-refractivity contribution in [2.45, 2.75) is 38.1 Å². The molecular formula is C21H21F3N4O2. The van der Waals surface area contributed by atoms with Crippen molar-refractivity contribution in [3.8, 4) is 0 Å². The van der Waals surface area contributed by atoms with Gasteiger partial charge in [-0.15, -0.1) is 0 Å². The van der Waals surface area contributed by atoms with E-state index in [0.29, 0.717) is 25.0 Å². The predicted molar refractivity (Wildman–Crippen MR) is 106 cm³/mol. The van der Waals surface area contributed by atoms with Crippen LogP contribution in [0.4, 0.5) is 13.2 Å². The molecule has 158 valence electrons. The molecule has 30 heavy (non-hydrogen) atoms. The third-order valence-electron chi connectivity index (χ3n) is 5.44. The molecule has 1 fully saturated rings. The van der Waals surface area contributed by atoms with Crippen LogP contribution in [0.2, 0.25) is 0 Å². The molecule has 6 nitrogen and oxygen atoms in total. The fourth-order valence-corrected chi connectivity index (χ4v) is 4.00. The van der Waals surface area contributed by atoms with Gasteiger partial charge in [0.15, 0.2) is 0 Å². The lowest BCUT2D eigenvalue weighted by molar-refractivity contribution is -0.142. The Morgan fingerprint density at radius 3 is 2.67 bits per heavy atom. The Labute approximate surface area is 170 Å². The van der Waals surface area contributed by atoms with Crippen LogP contribution in [-0.2, 0) is 20.1 Å². The first-order valence-electron chi connectivity index (χ1n) is 9.69. The van der Waals surface area contributed by atoms with E-state index < -0.39 is 24.3 Å². The molecule has 1 aliphatic rings. The third kappa shape index (κ3) is 4.02. The summed E-state index contributed by atoms with van der Waals surface area (Å²) in [5.74, 6) is 0.123. The van der Waals surface area contributed by atoms with Gasteiger partial charge in [-0.25, -0.2) is 4.98 Å². The van der Waals surface area contributed by atoms with Crippen LogP contribution >= 0.6 is 0 Å².